The molecular weight excluding hydrogens is 286 g/mol. The molecule has 6 heteroatoms. The Bertz CT molecular complexity index is 585. The van der Waals surface area contributed by atoms with Crippen LogP contribution in [-0.4, -0.2) is 26.6 Å². The van der Waals surface area contributed by atoms with Gasteiger partial charge in [0.2, 0.25) is 15.0 Å². The number of carbonyl (C=O) groups is 1. The highest BCUT2D eigenvalue weighted by Crippen LogP contribution is 2.29. The first-order chi connectivity index (χ1) is 8.90. The summed E-state index contributed by atoms with van der Waals surface area (Å²) < 4.78 is 22.2. The van der Waals surface area contributed by atoms with E-state index in [0.717, 1.165) is 17.7 Å². The van der Waals surface area contributed by atoms with Crippen LogP contribution in [0.3, 0.4) is 0 Å². The highest BCUT2D eigenvalue weighted by Gasteiger charge is 2.33. The fourth-order valence-corrected chi connectivity index (χ4v) is 3.80. The summed E-state index contributed by atoms with van der Waals surface area (Å²) in [6.45, 7) is 2.45. The molecule has 0 bridgehead atoms. The monoisotopic (exact) mass is 301 g/mol. The van der Waals surface area contributed by atoms with E-state index in [-0.39, 0.29) is 24.0 Å². The molecule has 4 nitrogen and oxygen atoms in total. The van der Waals surface area contributed by atoms with Gasteiger partial charge in [-0.05, 0) is 18.1 Å². The molecule has 0 radical (unpaired) electrons. The lowest BCUT2D eigenvalue weighted by molar-refractivity contribution is -0.117. The maximum absolute atomic E-state index is 12.0. The third kappa shape index (κ3) is 3.48. The van der Waals surface area contributed by atoms with Crippen LogP contribution in [0, 0.1) is 5.92 Å². The quantitative estimate of drug-likeness (QED) is 0.801. The Labute approximate surface area is 117 Å². The summed E-state index contributed by atoms with van der Waals surface area (Å²) in [7, 11) is 1.70. The summed E-state index contributed by atoms with van der Waals surface area (Å²) in [6, 6.07) is 7.69. The Kier molecular flexibility index (Phi) is 4.16. The lowest BCUT2D eigenvalue weighted by atomic mass is 10.1. The van der Waals surface area contributed by atoms with Crippen LogP contribution >= 0.6 is 10.7 Å². The third-order valence-electron chi connectivity index (χ3n) is 3.30. The molecule has 0 spiro atoms. The van der Waals surface area contributed by atoms with E-state index >= 15 is 0 Å². The van der Waals surface area contributed by atoms with Crippen LogP contribution in [-0.2, 0) is 20.3 Å². The van der Waals surface area contributed by atoms with Crippen molar-refractivity contribution >= 4 is 31.3 Å². The smallest absolute Gasteiger partial charge is 0.232 e. The van der Waals surface area contributed by atoms with Gasteiger partial charge in [0, 0.05) is 35.3 Å². The molecule has 1 aromatic carbocycles. The minimum atomic E-state index is -3.56. The van der Waals surface area contributed by atoms with Gasteiger partial charge >= 0.3 is 0 Å². The first kappa shape index (κ1) is 14.3. The molecule has 19 heavy (non-hydrogen) atoms. The lowest BCUT2D eigenvalue weighted by Gasteiger charge is -2.19. The molecule has 1 saturated heterocycles. The number of hydrogen-bond donors (Lipinski definition) is 0. The number of aryl methyl sites for hydroxylation is 1. The van der Waals surface area contributed by atoms with Crippen molar-refractivity contribution in [3.63, 3.8) is 0 Å². The molecule has 0 aromatic heterocycles. The molecule has 1 aliphatic heterocycles. The normalized spacial score (nSPS) is 20.0. The van der Waals surface area contributed by atoms with E-state index < -0.39 is 9.05 Å². The number of nitrogens with zero attached hydrogens (tertiary/aromatic N) is 1. The minimum Gasteiger partial charge on any atom is -0.312 e. The van der Waals surface area contributed by atoms with Crippen LogP contribution in [0.4, 0.5) is 5.69 Å². The van der Waals surface area contributed by atoms with Gasteiger partial charge in [0.25, 0.3) is 0 Å². The highest BCUT2D eigenvalue weighted by molar-refractivity contribution is 8.13. The second-order valence-corrected chi connectivity index (χ2v) is 7.58. The van der Waals surface area contributed by atoms with Crippen molar-refractivity contribution in [3.05, 3.63) is 29.8 Å². The molecule has 0 N–H and O–H groups in total. The Hall–Kier alpha value is -1.07. The zero-order valence-electron chi connectivity index (χ0n) is 10.7. The van der Waals surface area contributed by atoms with Gasteiger partial charge in [-0.3, -0.25) is 4.79 Å². The molecule has 1 amide bonds. The number of amides is 1. The molecule has 1 atom stereocenters. The van der Waals surface area contributed by atoms with Crippen LogP contribution in [0.2, 0.25) is 0 Å². The number of rotatable bonds is 4. The Morgan fingerprint density at radius 2 is 2.05 bits per heavy atom. The molecule has 0 saturated carbocycles. The summed E-state index contributed by atoms with van der Waals surface area (Å²) in [5.74, 6) is -0.406. The third-order valence-corrected chi connectivity index (χ3v) is 4.55. The van der Waals surface area contributed by atoms with Crippen molar-refractivity contribution in [2.75, 3.05) is 17.2 Å². The molecule has 0 aliphatic carbocycles. The second-order valence-electron chi connectivity index (χ2n) is 4.76. The SMILES string of the molecule is CCc1ccccc1N1CC(CS(=O)(=O)Cl)CC1=O. The fraction of sp³-hybridized carbons (Fsp3) is 0.462. The average molecular weight is 302 g/mol. The summed E-state index contributed by atoms with van der Waals surface area (Å²) in [5, 5.41) is 0. The maximum atomic E-state index is 12.0. The summed E-state index contributed by atoms with van der Waals surface area (Å²) >= 11 is 0. The van der Waals surface area contributed by atoms with Crippen molar-refractivity contribution in [2.45, 2.75) is 19.8 Å². The standard InChI is InChI=1S/C13H16ClNO3S/c1-2-11-5-3-4-6-12(11)15-8-10(7-13(15)16)9-19(14,17)18/h3-6,10H,2,7-9H2,1H3. The predicted octanol–water partition coefficient (Wildman–Crippen LogP) is 2.17. The van der Waals surface area contributed by atoms with Crippen molar-refractivity contribution in [3.8, 4) is 0 Å². The van der Waals surface area contributed by atoms with E-state index in [4.69, 9.17) is 10.7 Å². The van der Waals surface area contributed by atoms with Gasteiger partial charge < -0.3 is 4.90 Å². The molecule has 1 heterocycles. The Balaban J connectivity index is 2.20. The zero-order chi connectivity index (χ0) is 14.0. The van der Waals surface area contributed by atoms with Crippen LogP contribution in [0.5, 0.6) is 0 Å². The number of carbonyl (C=O) groups excluding carboxylic acids is 1. The van der Waals surface area contributed by atoms with Crippen LogP contribution in [0.25, 0.3) is 0 Å². The number of benzene rings is 1. The first-order valence-electron chi connectivity index (χ1n) is 6.21. The van der Waals surface area contributed by atoms with Crippen molar-refractivity contribution in [2.24, 2.45) is 5.92 Å². The zero-order valence-corrected chi connectivity index (χ0v) is 12.2. The molecule has 2 rings (SSSR count). The lowest BCUT2D eigenvalue weighted by Crippen LogP contribution is -2.26. The first-order valence-corrected chi connectivity index (χ1v) is 8.69. The van der Waals surface area contributed by atoms with Gasteiger partial charge in [-0.2, -0.15) is 0 Å². The summed E-state index contributed by atoms with van der Waals surface area (Å²) in [6.07, 6.45) is 1.07. The van der Waals surface area contributed by atoms with E-state index in [2.05, 4.69) is 0 Å². The van der Waals surface area contributed by atoms with Gasteiger partial charge in [-0.25, -0.2) is 8.42 Å². The molecule has 104 valence electrons. The fourth-order valence-electron chi connectivity index (χ4n) is 2.48. The van der Waals surface area contributed by atoms with Gasteiger partial charge in [-0.15, -0.1) is 0 Å². The molecule has 1 unspecified atom stereocenters. The van der Waals surface area contributed by atoms with Gasteiger partial charge in [0.1, 0.15) is 0 Å². The highest BCUT2D eigenvalue weighted by atomic mass is 35.7. The van der Waals surface area contributed by atoms with Gasteiger partial charge in [0.05, 0.1) is 5.75 Å². The van der Waals surface area contributed by atoms with E-state index in [1.165, 1.54) is 0 Å². The van der Waals surface area contributed by atoms with E-state index in [1.54, 1.807) is 4.90 Å². The largest absolute Gasteiger partial charge is 0.312 e. The second kappa shape index (κ2) is 5.51. The van der Waals surface area contributed by atoms with E-state index in [9.17, 15) is 13.2 Å². The number of para-hydroxylation sites is 1. The summed E-state index contributed by atoms with van der Waals surface area (Å²) in [5.41, 5.74) is 1.97. The van der Waals surface area contributed by atoms with Crippen LogP contribution in [0.1, 0.15) is 18.9 Å². The predicted molar refractivity (Wildman–Crippen MR) is 75.9 cm³/mol. The topological polar surface area (TPSA) is 54.5 Å². The van der Waals surface area contributed by atoms with Crippen molar-refractivity contribution in [1.29, 1.82) is 0 Å². The van der Waals surface area contributed by atoms with E-state index in [1.807, 2.05) is 31.2 Å². The van der Waals surface area contributed by atoms with Gasteiger partial charge in [-0.1, -0.05) is 25.1 Å². The maximum Gasteiger partial charge on any atom is 0.232 e. The molecule has 1 aliphatic rings. The molecule has 1 fully saturated rings. The van der Waals surface area contributed by atoms with Crippen molar-refractivity contribution in [1.82, 2.24) is 0 Å². The number of hydrogen-bond acceptors (Lipinski definition) is 3. The average Bonchev–Trinajstić information content (AvgIpc) is 2.67. The van der Waals surface area contributed by atoms with Crippen molar-refractivity contribution < 1.29 is 13.2 Å². The van der Waals surface area contributed by atoms with Gasteiger partial charge in [0.15, 0.2) is 0 Å². The number of halogens is 1. The van der Waals surface area contributed by atoms with Crippen LogP contribution < -0.4 is 4.90 Å². The summed E-state index contributed by atoms with van der Waals surface area (Å²) in [4.78, 5) is 13.7. The Morgan fingerprint density at radius 1 is 1.37 bits per heavy atom. The van der Waals surface area contributed by atoms with Crippen LogP contribution in [0.15, 0.2) is 24.3 Å². The molecule has 1 aromatic rings. The molecular formula is C13H16ClNO3S. The Morgan fingerprint density at radius 3 is 2.68 bits per heavy atom. The minimum absolute atomic E-state index is 0.0359. The number of anilines is 1. The van der Waals surface area contributed by atoms with E-state index in [0.29, 0.717) is 6.54 Å².